The van der Waals surface area contributed by atoms with E-state index in [0.717, 1.165) is 58.2 Å². The van der Waals surface area contributed by atoms with E-state index in [-0.39, 0.29) is 11.6 Å². The fourth-order valence-corrected chi connectivity index (χ4v) is 7.45. The fourth-order valence-electron chi connectivity index (χ4n) is 5.20. The molecule has 6 rings (SSSR count). The maximum absolute atomic E-state index is 13.8. The number of thiophene rings is 1. The van der Waals surface area contributed by atoms with Crippen molar-refractivity contribution in [1.82, 2.24) is 18.9 Å². The van der Waals surface area contributed by atoms with Crippen LogP contribution in [0.25, 0.3) is 15.9 Å². The number of imidazole rings is 1. The Morgan fingerprint density at radius 3 is 2.84 bits per heavy atom. The second-order valence-electron chi connectivity index (χ2n) is 8.84. The minimum absolute atomic E-state index is 0.199. The molecule has 0 bridgehead atoms. The van der Waals surface area contributed by atoms with Crippen LogP contribution in [0, 0.1) is 6.92 Å². The molecule has 0 N–H and O–H groups in total. The van der Waals surface area contributed by atoms with Crippen molar-refractivity contribution in [1.29, 1.82) is 0 Å². The summed E-state index contributed by atoms with van der Waals surface area (Å²) >= 11 is 3.41. The lowest BCUT2D eigenvalue weighted by atomic mass is 9.97. The summed E-state index contributed by atoms with van der Waals surface area (Å²) in [4.78, 5) is 26.0. The van der Waals surface area contributed by atoms with Crippen molar-refractivity contribution in [2.45, 2.75) is 75.2 Å². The van der Waals surface area contributed by atoms with Crippen LogP contribution in [-0.4, -0.2) is 18.9 Å². The van der Waals surface area contributed by atoms with E-state index in [0.29, 0.717) is 0 Å². The molecule has 0 atom stereocenters. The second kappa shape index (κ2) is 7.78. The van der Waals surface area contributed by atoms with E-state index in [9.17, 15) is 4.79 Å². The quantitative estimate of drug-likeness (QED) is 0.296. The Kier molecular flexibility index (Phi) is 4.91. The maximum Gasteiger partial charge on any atom is 0.263 e. The molecule has 0 saturated heterocycles. The maximum atomic E-state index is 13.8. The summed E-state index contributed by atoms with van der Waals surface area (Å²) < 4.78 is 4.13. The Morgan fingerprint density at radius 1 is 1.16 bits per heavy atom. The lowest BCUT2D eigenvalue weighted by Crippen LogP contribution is -2.26. The summed E-state index contributed by atoms with van der Waals surface area (Å²) in [5.41, 5.74) is 4.69. The molecule has 5 nitrogen and oxygen atoms in total. The van der Waals surface area contributed by atoms with Gasteiger partial charge in [-0.1, -0.05) is 30.7 Å². The van der Waals surface area contributed by atoms with Gasteiger partial charge in [0.2, 0.25) is 0 Å². The van der Waals surface area contributed by atoms with Gasteiger partial charge in [-0.05, 0) is 62.6 Å². The van der Waals surface area contributed by atoms with Crippen molar-refractivity contribution < 1.29 is 0 Å². The van der Waals surface area contributed by atoms with Crippen LogP contribution in [-0.2, 0) is 18.6 Å². The van der Waals surface area contributed by atoms with Gasteiger partial charge < -0.3 is 4.40 Å². The average molecular weight is 451 g/mol. The van der Waals surface area contributed by atoms with E-state index in [4.69, 9.17) is 9.97 Å². The molecule has 4 heterocycles. The van der Waals surface area contributed by atoms with Gasteiger partial charge in [0.15, 0.2) is 5.16 Å². The van der Waals surface area contributed by atoms with Crippen LogP contribution in [0.1, 0.15) is 66.3 Å². The third-order valence-corrected chi connectivity index (χ3v) is 8.93. The smallest absolute Gasteiger partial charge is 0.263 e. The number of aryl methyl sites for hydroxylation is 3. The average Bonchev–Trinajstić information content (AvgIpc) is 3.50. The molecule has 1 saturated carbocycles. The van der Waals surface area contributed by atoms with Gasteiger partial charge in [-0.3, -0.25) is 9.36 Å². The van der Waals surface area contributed by atoms with Gasteiger partial charge in [0.25, 0.3) is 5.56 Å². The van der Waals surface area contributed by atoms with Gasteiger partial charge in [-0.15, -0.1) is 11.3 Å². The number of fused-ring (bicyclic) bond motifs is 4. The molecule has 2 aliphatic carbocycles. The van der Waals surface area contributed by atoms with Crippen LogP contribution in [0.2, 0.25) is 0 Å². The summed E-state index contributed by atoms with van der Waals surface area (Å²) in [6.45, 7) is 2.09. The van der Waals surface area contributed by atoms with Crippen molar-refractivity contribution in [2.24, 2.45) is 0 Å². The summed E-state index contributed by atoms with van der Waals surface area (Å²) in [5.74, 6) is 0.719. The normalized spacial score (nSPS) is 17.1. The van der Waals surface area contributed by atoms with E-state index in [1.807, 2.05) is 16.8 Å². The summed E-state index contributed by atoms with van der Waals surface area (Å²) in [5, 5.41) is 1.79. The van der Waals surface area contributed by atoms with Crippen molar-refractivity contribution >= 4 is 39.0 Å². The van der Waals surface area contributed by atoms with Gasteiger partial charge in [0.1, 0.15) is 10.5 Å². The van der Waals surface area contributed by atoms with E-state index in [1.54, 1.807) is 23.1 Å². The summed E-state index contributed by atoms with van der Waals surface area (Å²) in [7, 11) is 0. The van der Waals surface area contributed by atoms with Gasteiger partial charge in [-0.25, -0.2) is 9.97 Å². The molecule has 4 aromatic heterocycles. The first-order valence-electron chi connectivity index (χ1n) is 11.3. The molecule has 160 valence electrons. The highest BCUT2D eigenvalue weighted by Gasteiger charge is 2.27. The lowest BCUT2D eigenvalue weighted by Gasteiger charge is -2.18. The molecular formula is C24H26N4OS2. The highest BCUT2D eigenvalue weighted by Crippen LogP contribution is 2.37. The largest absolute Gasteiger partial charge is 0.307 e. The van der Waals surface area contributed by atoms with Crippen LogP contribution in [0.3, 0.4) is 0 Å². The Bertz CT molecular complexity index is 1340. The number of rotatable bonds is 4. The van der Waals surface area contributed by atoms with Crippen molar-refractivity contribution in [3.8, 4) is 0 Å². The highest BCUT2D eigenvalue weighted by atomic mass is 32.2. The Hall–Kier alpha value is -2.12. The number of hydrogen-bond donors (Lipinski definition) is 0. The van der Waals surface area contributed by atoms with Gasteiger partial charge >= 0.3 is 0 Å². The van der Waals surface area contributed by atoms with Gasteiger partial charge in [0.05, 0.1) is 11.1 Å². The number of aromatic nitrogens is 4. The third kappa shape index (κ3) is 3.33. The molecule has 2 aliphatic rings. The molecule has 0 aliphatic heterocycles. The Labute approximate surface area is 189 Å². The minimum Gasteiger partial charge on any atom is -0.307 e. The van der Waals surface area contributed by atoms with Crippen LogP contribution in [0.5, 0.6) is 0 Å². The molecule has 7 heteroatoms. The predicted molar refractivity (Wildman–Crippen MR) is 128 cm³/mol. The van der Waals surface area contributed by atoms with E-state index in [2.05, 4.69) is 23.6 Å². The number of hydrogen-bond acceptors (Lipinski definition) is 5. The summed E-state index contributed by atoms with van der Waals surface area (Å²) in [6, 6.07) is 4.42. The standard InChI is InChI=1S/C24H26N4OS2/c1-15-7-6-12-27-13-16(25-21(15)27)14-30-24-26-22-20(18-10-4-5-11-19(18)31-22)23(29)28(24)17-8-2-3-9-17/h6-7,12-13,17H,2-5,8-11,14H2,1H3. The first kappa shape index (κ1) is 19.6. The molecule has 0 spiro atoms. The second-order valence-corrected chi connectivity index (χ2v) is 10.9. The van der Waals surface area contributed by atoms with E-state index < -0.39 is 0 Å². The zero-order chi connectivity index (χ0) is 20.9. The molecule has 4 aromatic rings. The zero-order valence-electron chi connectivity index (χ0n) is 17.8. The first-order valence-corrected chi connectivity index (χ1v) is 13.1. The van der Waals surface area contributed by atoms with Crippen LogP contribution >= 0.6 is 23.1 Å². The molecule has 0 amide bonds. The number of nitrogens with zero attached hydrogens (tertiary/aromatic N) is 4. The molecule has 1 fully saturated rings. The first-order chi connectivity index (χ1) is 15.2. The monoisotopic (exact) mass is 450 g/mol. The molecule has 31 heavy (non-hydrogen) atoms. The van der Waals surface area contributed by atoms with Crippen LogP contribution in [0.4, 0.5) is 0 Å². The number of pyridine rings is 1. The predicted octanol–water partition coefficient (Wildman–Crippen LogP) is 5.70. The lowest BCUT2D eigenvalue weighted by molar-refractivity contribution is 0.457. The van der Waals surface area contributed by atoms with Crippen molar-refractivity contribution in [2.75, 3.05) is 0 Å². The molecule has 0 radical (unpaired) electrons. The van der Waals surface area contributed by atoms with E-state index >= 15 is 0 Å². The van der Waals surface area contributed by atoms with Crippen molar-refractivity contribution in [3.63, 3.8) is 0 Å². The molecule has 0 unspecified atom stereocenters. The van der Waals surface area contributed by atoms with E-state index in [1.165, 1.54) is 41.7 Å². The fraction of sp³-hybridized carbons (Fsp3) is 0.458. The highest BCUT2D eigenvalue weighted by molar-refractivity contribution is 7.98. The Balaban J connectivity index is 1.42. The minimum atomic E-state index is 0.199. The topological polar surface area (TPSA) is 52.2 Å². The molecule has 0 aromatic carbocycles. The molecular weight excluding hydrogens is 424 g/mol. The zero-order valence-corrected chi connectivity index (χ0v) is 19.4. The van der Waals surface area contributed by atoms with Crippen LogP contribution < -0.4 is 5.56 Å². The third-order valence-electron chi connectivity index (χ3n) is 6.76. The van der Waals surface area contributed by atoms with Gasteiger partial charge in [-0.2, -0.15) is 0 Å². The van der Waals surface area contributed by atoms with Gasteiger partial charge in [0, 0.05) is 29.1 Å². The van der Waals surface area contributed by atoms with Crippen molar-refractivity contribution in [3.05, 3.63) is 56.6 Å². The summed E-state index contributed by atoms with van der Waals surface area (Å²) in [6.07, 6.45) is 13.2. The number of thioether (sulfide) groups is 1. The SMILES string of the molecule is Cc1cccn2cc(CSc3nc4sc5c(c4c(=O)n3C3CCCC3)CCCC5)nc12. The van der Waals surface area contributed by atoms with Crippen LogP contribution in [0.15, 0.2) is 34.5 Å². The Morgan fingerprint density at radius 2 is 2.00 bits per heavy atom.